The molecular weight excluding hydrogens is 126 g/mol. The van der Waals surface area contributed by atoms with Crippen molar-refractivity contribution >= 4 is 24.4 Å². The summed E-state index contributed by atoms with van der Waals surface area (Å²) in [6.45, 7) is 0. The van der Waals surface area contributed by atoms with Gasteiger partial charge in [-0.05, 0) is 13.3 Å². The minimum absolute atomic E-state index is 0.356. The van der Waals surface area contributed by atoms with Gasteiger partial charge in [-0.1, -0.05) is 0 Å². The van der Waals surface area contributed by atoms with E-state index in [4.69, 9.17) is 0 Å². The van der Waals surface area contributed by atoms with Crippen LogP contribution in [-0.4, -0.2) is 24.4 Å². The van der Waals surface area contributed by atoms with Gasteiger partial charge in [0.15, 0.2) is 0 Å². The molecule has 0 aromatic carbocycles. The second kappa shape index (κ2) is 4.81. The van der Waals surface area contributed by atoms with Crippen LogP contribution in [-0.2, 0) is 0 Å². The lowest BCUT2D eigenvalue weighted by Crippen LogP contribution is -2.20. The van der Waals surface area contributed by atoms with E-state index in [2.05, 4.69) is 24.2 Å². The minimum Gasteiger partial charge on any atom is -0.308 e. The van der Waals surface area contributed by atoms with Crippen molar-refractivity contribution in [3.63, 3.8) is 0 Å². The first-order valence-corrected chi connectivity index (χ1v) is 4.06. The molecular formula is C4H11NS2. The number of hydrogen-bond donors (Lipinski definition) is 2. The summed E-state index contributed by atoms with van der Waals surface area (Å²) in [4.78, 5) is 0. The zero-order chi connectivity index (χ0) is 5.70. The Morgan fingerprint density at radius 3 is 2.57 bits per heavy atom. The molecule has 0 aliphatic carbocycles. The van der Waals surface area contributed by atoms with Crippen LogP contribution in [0.5, 0.6) is 0 Å². The summed E-state index contributed by atoms with van der Waals surface area (Å²) in [5.74, 6) is 1.07. The Balaban J connectivity index is 2.83. The molecule has 0 aromatic rings. The average molecular weight is 137 g/mol. The van der Waals surface area contributed by atoms with E-state index < -0.39 is 0 Å². The Kier molecular flexibility index (Phi) is 5.26. The third-order valence-electron chi connectivity index (χ3n) is 0.658. The molecule has 0 aliphatic heterocycles. The van der Waals surface area contributed by atoms with Crippen molar-refractivity contribution in [1.82, 2.24) is 5.32 Å². The summed E-state index contributed by atoms with van der Waals surface area (Å²) in [6.07, 6.45) is 2.07. The van der Waals surface area contributed by atoms with E-state index >= 15 is 0 Å². The fourth-order valence-electron chi connectivity index (χ4n) is 0.241. The van der Waals surface area contributed by atoms with Gasteiger partial charge in [-0.25, -0.2) is 0 Å². The maximum atomic E-state index is 4.18. The molecule has 1 atom stereocenters. The summed E-state index contributed by atoms with van der Waals surface area (Å²) in [5.41, 5.74) is 0. The second-order valence-corrected chi connectivity index (χ2v) is 2.79. The Hall–Kier alpha value is 0.660. The second-order valence-electron chi connectivity index (χ2n) is 1.26. The smallest absolute Gasteiger partial charge is 0.0591 e. The van der Waals surface area contributed by atoms with Crippen LogP contribution >= 0.6 is 24.4 Å². The van der Waals surface area contributed by atoms with Crippen LogP contribution in [0.1, 0.15) is 0 Å². The quantitative estimate of drug-likeness (QED) is 0.441. The first kappa shape index (κ1) is 7.66. The van der Waals surface area contributed by atoms with Gasteiger partial charge in [-0.3, -0.25) is 0 Å². The Morgan fingerprint density at radius 2 is 2.43 bits per heavy atom. The maximum absolute atomic E-state index is 4.18. The molecule has 3 heteroatoms. The molecule has 1 unspecified atom stereocenters. The minimum atomic E-state index is 0.356. The van der Waals surface area contributed by atoms with Crippen LogP contribution in [0.15, 0.2) is 0 Å². The molecule has 0 aromatic heterocycles. The van der Waals surface area contributed by atoms with Gasteiger partial charge in [0.25, 0.3) is 0 Å². The van der Waals surface area contributed by atoms with Gasteiger partial charge >= 0.3 is 0 Å². The van der Waals surface area contributed by atoms with Crippen molar-refractivity contribution < 1.29 is 0 Å². The predicted molar refractivity (Wildman–Crippen MR) is 40.2 cm³/mol. The highest BCUT2D eigenvalue weighted by atomic mass is 32.2. The van der Waals surface area contributed by atoms with E-state index in [9.17, 15) is 0 Å². The lowest BCUT2D eigenvalue weighted by molar-refractivity contribution is 0.822. The molecule has 44 valence electrons. The van der Waals surface area contributed by atoms with Crippen molar-refractivity contribution in [1.29, 1.82) is 0 Å². The molecule has 0 saturated heterocycles. The fraction of sp³-hybridized carbons (Fsp3) is 1.00. The molecule has 0 amide bonds. The van der Waals surface area contributed by atoms with E-state index in [0.29, 0.717) is 5.37 Å². The molecule has 0 bridgehead atoms. The molecule has 0 rings (SSSR count). The number of hydrogen-bond acceptors (Lipinski definition) is 3. The molecule has 0 saturated carbocycles. The molecule has 0 heterocycles. The topological polar surface area (TPSA) is 12.0 Å². The van der Waals surface area contributed by atoms with Gasteiger partial charge in [-0.2, -0.15) is 24.4 Å². The highest BCUT2D eigenvalue weighted by molar-refractivity contribution is 7.99. The zero-order valence-electron chi connectivity index (χ0n) is 4.64. The average Bonchev–Trinajstić information content (AvgIpc) is 1.68. The highest BCUT2D eigenvalue weighted by Gasteiger charge is 1.92. The van der Waals surface area contributed by atoms with Crippen LogP contribution in [0.25, 0.3) is 0 Å². The van der Waals surface area contributed by atoms with E-state index in [-0.39, 0.29) is 0 Å². The van der Waals surface area contributed by atoms with Gasteiger partial charge in [0.1, 0.15) is 0 Å². The number of rotatable bonds is 3. The van der Waals surface area contributed by atoms with E-state index in [0.717, 1.165) is 5.75 Å². The van der Waals surface area contributed by atoms with E-state index in [1.807, 2.05) is 7.05 Å². The summed E-state index contributed by atoms with van der Waals surface area (Å²) >= 11 is 5.97. The van der Waals surface area contributed by atoms with Crippen molar-refractivity contribution in [3.8, 4) is 0 Å². The molecule has 0 spiro atoms. The maximum Gasteiger partial charge on any atom is 0.0591 e. The molecule has 1 nitrogen and oxygen atoms in total. The van der Waals surface area contributed by atoms with E-state index in [1.54, 1.807) is 11.8 Å². The SMILES string of the molecule is CNC(S)CSC. The normalized spacial score (nSPS) is 14.1. The van der Waals surface area contributed by atoms with E-state index in [1.165, 1.54) is 0 Å². The first-order valence-electron chi connectivity index (χ1n) is 2.15. The molecule has 1 N–H and O–H groups in total. The number of thioether (sulfide) groups is 1. The fourth-order valence-corrected chi connectivity index (χ4v) is 1.17. The number of nitrogens with one attached hydrogen (secondary N) is 1. The van der Waals surface area contributed by atoms with Crippen molar-refractivity contribution in [3.05, 3.63) is 0 Å². The van der Waals surface area contributed by atoms with Crippen LogP contribution in [0.3, 0.4) is 0 Å². The third kappa shape index (κ3) is 4.51. The van der Waals surface area contributed by atoms with Crippen LogP contribution in [0.4, 0.5) is 0 Å². The predicted octanol–water partition coefficient (Wildman–Crippen LogP) is 0.825. The van der Waals surface area contributed by atoms with Gasteiger partial charge < -0.3 is 5.32 Å². The Labute approximate surface area is 54.7 Å². The van der Waals surface area contributed by atoms with Crippen molar-refractivity contribution in [2.24, 2.45) is 0 Å². The standard InChI is InChI=1S/C4H11NS2/c1-5-4(6)3-7-2/h4-6H,3H2,1-2H3. The Bertz CT molecular complexity index is 40.7. The van der Waals surface area contributed by atoms with Crippen LogP contribution in [0.2, 0.25) is 0 Å². The summed E-state index contributed by atoms with van der Waals surface area (Å²) in [7, 11) is 1.91. The van der Waals surface area contributed by atoms with Gasteiger partial charge in [0.2, 0.25) is 0 Å². The zero-order valence-corrected chi connectivity index (χ0v) is 6.35. The Morgan fingerprint density at radius 1 is 1.86 bits per heavy atom. The van der Waals surface area contributed by atoms with Gasteiger partial charge in [0, 0.05) is 5.75 Å². The molecule has 0 radical (unpaired) electrons. The van der Waals surface area contributed by atoms with Gasteiger partial charge in [-0.15, -0.1) is 0 Å². The van der Waals surface area contributed by atoms with Gasteiger partial charge in [0.05, 0.1) is 5.37 Å². The lowest BCUT2D eigenvalue weighted by Gasteiger charge is -2.04. The number of thiol groups is 1. The monoisotopic (exact) mass is 137 g/mol. The van der Waals surface area contributed by atoms with Crippen LogP contribution < -0.4 is 5.32 Å². The largest absolute Gasteiger partial charge is 0.308 e. The summed E-state index contributed by atoms with van der Waals surface area (Å²) < 4.78 is 0. The summed E-state index contributed by atoms with van der Waals surface area (Å²) in [5, 5.41) is 3.37. The molecule has 0 aliphatic rings. The third-order valence-corrected chi connectivity index (χ3v) is 2.01. The van der Waals surface area contributed by atoms with Crippen molar-refractivity contribution in [2.45, 2.75) is 5.37 Å². The first-order chi connectivity index (χ1) is 3.31. The molecule has 0 fully saturated rings. The lowest BCUT2D eigenvalue weighted by atomic mass is 10.7. The van der Waals surface area contributed by atoms with Crippen molar-refractivity contribution in [2.75, 3.05) is 19.1 Å². The molecule has 7 heavy (non-hydrogen) atoms. The highest BCUT2D eigenvalue weighted by Crippen LogP contribution is 1.98. The van der Waals surface area contributed by atoms with Crippen LogP contribution in [0, 0.1) is 0 Å². The summed E-state index contributed by atoms with van der Waals surface area (Å²) in [6, 6.07) is 0.